The number of benzene rings is 1. The van der Waals surface area contributed by atoms with Gasteiger partial charge >= 0.3 is 0 Å². The third-order valence-corrected chi connectivity index (χ3v) is 3.18. The van der Waals surface area contributed by atoms with Gasteiger partial charge in [-0.2, -0.15) is 0 Å². The Kier molecular flexibility index (Phi) is 4.71. The summed E-state index contributed by atoms with van der Waals surface area (Å²) in [7, 11) is 3.35. The normalized spacial score (nSPS) is 10.2. The molecule has 2 aromatic rings. The predicted molar refractivity (Wildman–Crippen MR) is 80.1 cm³/mol. The lowest BCUT2D eigenvalue weighted by atomic mass is 10.1. The molecule has 0 aliphatic rings. The van der Waals surface area contributed by atoms with E-state index in [9.17, 15) is 4.79 Å². The number of anilines is 1. The maximum Gasteiger partial charge on any atom is 0.276 e. The molecule has 0 atom stereocenters. The van der Waals surface area contributed by atoms with Crippen molar-refractivity contribution in [3.8, 4) is 5.75 Å². The Labute approximate surface area is 123 Å². The van der Waals surface area contributed by atoms with Crippen LogP contribution in [0, 0.1) is 0 Å². The van der Waals surface area contributed by atoms with Crippen molar-refractivity contribution in [2.45, 2.75) is 6.42 Å². The van der Waals surface area contributed by atoms with Gasteiger partial charge in [-0.05, 0) is 18.1 Å². The second-order valence-corrected chi connectivity index (χ2v) is 4.58. The second kappa shape index (κ2) is 6.69. The number of carbonyl (C=O) groups is 1. The number of ether oxygens (including phenoxy) is 1. The number of hydrogen-bond acceptors (Lipinski definition) is 5. The Bertz CT molecular complexity index is 631. The number of para-hydroxylation sites is 1. The SMILES string of the molecule is COc1ccccc1CCN(C)C(=O)c1nccnc1N. The van der Waals surface area contributed by atoms with Crippen molar-refractivity contribution in [2.75, 3.05) is 26.4 Å². The van der Waals surface area contributed by atoms with Gasteiger partial charge in [0.15, 0.2) is 11.5 Å². The van der Waals surface area contributed by atoms with Crippen LogP contribution in [0.5, 0.6) is 5.75 Å². The number of nitrogens with zero attached hydrogens (tertiary/aromatic N) is 3. The summed E-state index contributed by atoms with van der Waals surface area (Å²) >= 11 is 0. The van der Waals surface area contributed by atoms with Gasteiger partial charge in [-0.1, -0.05) is 18.2 Å². The van der Waals surface area contributed by atoms with Gasteiger partial charge in [0.25, 0.3) is 5.91 Å². The van der Waals surface area contributed by atoms with Crippen molar-refractivity contribution in [1.82, 2.24) is 14.9 Å². The van der Waals surface area contributed by atoms with Crippen molar-refractivity contribution in [3.05, 3.63) is 47.9 Å². The molecule has 1 heterocycles. The number of likely N-dealkylation sites (N-methyl/N-ethyl adjacent to an activating group) is 1. The molecule has 6 heteroatoms. The van der Waals surface area contributed by atoms with E-state index in [4.69, 9.17) is 10.5 Å². The lowest BCUT2D eigenvalue weighted by Gasteiger charge is -2.18. The third-order valence-electron chi connectivity index (χ3n) is 3.18. The van der Waals surface area contributed by atoms with E-state index in [0.717, 1.165) is 11.3 Å². The van der Waals surface area contributed by atoms with Crippen LogP contribution in [0.1, 0.15) is 16.1 Å². The maximum atomic E-state index is 12.3. The van der Waals surface area contributed by atoms with Crippen LogP contribution < -0.4 is 10.5 Å². The first kappa shape index (κ1) is 14.8. The summed E-state index contributed by atoms with van der Waals surface area (Å²) in [6, 6.07) is 7.74. The standard InChI is InChI=1S/C15H18N4O2/c1-19(15(20)13-14(16)18-9-8-17-13)10-7-11-5-3-4-6-12(11)21-2/h3-6,8-9H,7,10H2,1-2H3,(H2,16,18). The monoisotopic (exact) mass is 286 g/mol. The molecule has 110 valence electrons. The fourth-order valence-corrected chi connectivity index (χ4v) is 1.99. The molecule has 0 saturated heterocycles. The average molecular weight is 286 g/mol. The Balaban J connectivity index is 2.03. The zero-order chi connectivity index (χ0) is 15.2. The van der Waals surface area contributed by atoms with Gasteiger partial charge < -0.3 is 15.4 Å². The molecule has 2 rings (SSSR count). The van der Waals surface area contributed by atoms with Gasteiger partial charge in [0.05, 0.1) is 7.11 Å². The van der Waals surface area contributed by atoms with E-state index in [-0.39, 0.29) is 17.4 Å². The highest BCUT2D eigenvalue weighted by Gasteiger charge is 2.17. The smallest absolute Gasteiger partial charge is 0.276 e. The first-order chi connectivity index (χ1) is 10.1. The zero-order valence-corrected chi connectivity index (χ0v) is 12.1. The van der Waals surface area contributed by atoms with Gasteiger partial charge in [-0.3, -0.25) is 4.79 Å². The lowest BCUT2D eigenvalue weighted by Crippen LogP contribution is -2.30. The molecule has 1 amide bonds. The number of nitrogens with two attached hydrogens (primary N) is 1. The lowest BCUT2D eigenvalue weighted by molar-refractivity contribution is 0.0791. The molecule has 1 aromatic heterocycles. The summed E-state index contributed by atoms with van der Waals surface area (Å²) in [5.74, 6) is 0.722. The molecule has 21 heavy (non-hydrogen) atoms. The number of amides is 1. The summed E-state index contributed by atoms with van der Waals surface area (Å²) < 4.78 is 5.30. The highest BCUT2D eigenvalue weighted by molar-refractivity contribution is 5.96. The molecule has 0 fully saturated rings. The third kappa shape index (κ3) is 3.47. The van der Waals surface area contributed by atoms with Crippen LogP contribution in [-0.2, 0) is 6.42 Å². The summed E-state index contributed by atoms with van der Waals surface area (Å²) in [5.41, 5.74) is 6.90. The highest BCUT2D eigenvalue weighted by atomic mass is 16.5. The van der Waals surface area contributed by atoms with E-state index in [1.54, 1.807) is 19.1 Å². The molecule has 0 spiro atoms. The van der Waals surface area contributed by atoms with Gasteiger partial charge in [0.2, 0.25) is 0 Å². The molecule has 6 nitrogen and oxygen atoms in total. The molecule has 0 aliphatic heterocycles. The number of methoxy groups -OCH3 is 1. The average Bonchev–Trinajstić information content (AvgIpc) is 2.52. The van der Waals surface area contributed by atoms with Gasteiger partial charge in [-0.25, -0.2) is 9.97 Å². The molecular formula is C15H18N4O2. The van der Waals surface area contributed by atoms with Crippen LogP contribution in [0.2, 0.25) is 0 Å². The summed E-state index contributed by atoms with van der Waals surface area (Å²) in [5, 5.41) is 0. The number of aromatic nitrogens is 2. The number of carbonyl (C=O) groups excluding carboxylic acids is 1. The van der Waals surface area contributed by atoms with Crippen LogP contribution in [0.3, 0.4) is 0 Å². The van der Waals surface area contributed by atoms with Crippen LogP contribution in [0.25, 0.3) is 0 Å². The molecule has 1 aromatic carbocycles. The summed E-state index contributed by atoms with van der Waals surface area (Å²) in [6.07, 6.45) is 3.60. The molecular weight excluding hydrogens is 268 g/mol. The van der Waals surface area contributed by atoms with E-state index in [2.05, 4.69) is 9.97 Å². The first-order valence-electron chi connectivity index (χ1n) is 6.57. The Morgan fingerprint density at radius 1 is 1.29 bits per heavy atom. The first-order valence-corrected chi connectivity index (χ1v) is 6.57. The molecule has 0 radical (unpaired) electrons. The molecule has 2 N–H and O–H groups in total. The Morgan fingerprint density at radius 2 is 2.00 bits per heavy atom. The van der Waals surface area contributed by atoms with Crippen LogP contribution >= 0.6 is 0 Å². The van der Waals surface area contributed by atoms with Crippen molar-refractivity contribution in [3.63, 3.8) is 0 Å². The largest absolute Gasteiger partial charge is 0.496 e. The second-order valence-electron chi connectivity index (χ2n) is 4.58. The van der Waals surface area contributed by atoms with E-state index in [1.807, 2.05) is 24.3 Å². The van der Waals surface area contributed by atoms with Gasteiger partial charge in [0, 0.05) is 26.0 Å². The number of rotatable bonds is 5. The van der Waals surface area contributed by atoms with Crippen molar-refractivity contribution < 1.29 is 9.53 Å². The predicted octanol–water partition coefficient (Wildman–Crippen LogP) is 1.38. The topological polar surface area (TPSA) is 81.3 Å². The zero-order valence-electron chi connectivity index (χ0n) is 12.1. The van der Waals surface area contributed by atoms with E-state index in [1.165, 1.54) is 12.4 Å². The van der Waals surface area contributed by atoms with Crippen LogP contribution in [-0.4, -0.2) is 41.5 Å². The number of nitrogen functional groups attached to an aromatic ring is 1. The van der Waals surface area contributed by atoms with E-state index in [0.29, 0.717) is 13.0 Å². The minimum Gasteiger partial charge on any atom is -0.496 e. The molecule has 0 unspecified atom stereocenters. The molecule has 0 saturated carbocycles. The molecule has 0 bridgehead atoms. The van der Waals surface area contributed by atoms with Crippen molar-refractivity contribution >= 4 is 11.7 Å². The van der Waals surface area contributed by atoms with Crippen molar-refractivity contribution in [1.29, 1.82) is 0 Å². The van der Waals surface area contributed by atoms with Gasteiger partial charge in [0.1, 0.15) is 5.75 Å². The van der Waals surface area contributed by atoms with E-state index < -0.39 is 0 Å². The molecule has 0 aliphatic carbocycles. The maximum absolute atomic E-state index is 12.3. The minimum absolute atomic E-state index is 0.145. The van der Waals surface area contributed by atoms with Gasteiger partial charge in [-0.15, -0.1) is 0 Å². The van der Waals surface area contributed by atoms with Crippen LogP contribution in [0.15, 0.2) is 36.7 Å². The fraction of sp³-hybridized carbons (Fsp3) is 0.267. The number of hydrogen-bond donors (Lipinski definition) is 1. The quantitative estimate of drug-likeness (QED) is 0.898. The fourth-order valence-electron chi connectivity index (χ4n) is 1.99. The minimum atomic E-state index is -0.240. The Morgan fingerprint density at radius 3 is 2.71 bits per heavy atom. The van der Waals surface area contributed by atoms with E-state index >= 15 is 0 Å². The summed E-state index contributed by atoms with van der Waals surface area (Å²) in [6.45, 7) is 0.537. The van der Waals surface area contributed by atoms with Crippen LogP contribution in [0.4, 0.5) is 5.82 Å². The summed E-state index contributed by atoms with van der Waals surface area (Å²) in [4.78, 5) is 21.7. The van der Waals surface area contributed by atoms with Crippen molar-refractivity contribution in [2.24, 2.45) is 0 Å². The highest BCUT2D eigenvalue weighted by Crippen LogP contribution is 2.18. The Hall–Kier alpha value is -2.63.